The van der Waals surface area contributed by atoms with Crippen LogP contribution in [0.4, 0.5) is 0 Å². The summed E-state index contributed by atoms with van der Waals surface area (Å²) in [6, 6.07) is 22.8. The summed E-state index contributed by atoms with van der Waals surface area (Å²) in [5, 5.41) is 0. The lowest BCUT2D eigenvalue weighted by Gasteiger charge is -2.16. The van der Waals surface area contributed by atoms with Gasteiger partial charge in [-0.05, 0) is 53.1 Å². The van der Waals surface area contributed by atoms with E-state index in [0.29, 0.717) is 6.61 Å². The van der Waals surface area contributed by atoms with Crippen molar-refractivity contribution in [1.82, 2.24) is 0 Å². The van der Waals surface area contributed by atoms with E-state index in [9.17, 15) is 4.79 Å². The van der Waals surface area contributed by atoms with Crippen LogP contribution in [0, 0.1) is 6.92 Å². The van der Waals surface area contributed by atoms with Crippen molar-refractivity contribution >= 4 is 6.29 Å². The SMILES string of the molecule is Cc1c(COC2CCc3c(C=O)cccc32)cccc1-c1ccccc1. The average Bonchev–Trinajstić information content (AvgIpc) is 3.11. The van der Waals surface area contributed by atoms with E-state index in [1.165, 1.54) is 27.8 Å². The maximum absolute atomic E-state index is 11.2. The first-order chi connectivity index (χ1) is 12.8. The molecule has 1 aliphatic rings. The predicted molar refractivity (Wildman–Crippen MR) is 104 cm³/mol. The normalized spacial score (nSPS) is 15.7. The molecule has 26 heavy (non-hydrogen) atoms. The second kappa shape index (κ2) is 7.27. The molecule has 3 aromatic carbocycles. The lowest BCUT2D eigenvalue weighted by atomic mass is 9.97. The van der Waals surface area contributed by atoms with Crippen molar-refractivity contribution in [2.24, 2.45) is 0 Å². The Labute approximate surface area is 154 Å². The van der Waals surface area contributed by atoms with Crippen molar-refractivity contribution in [3.8, 4) is 11.1 Å². The summed E-state index contributed by atoms with van der Waals surface area (Å²) in [4.78, 5) is 11.2. The number of ether oxygens (including phenoxy) is 1. The molecular weight excluding hydrogens is 320 g/mol. The minimum Gasteiger partial charge on any atom is -0.369 e. The van der Waals surface area contributed by atoms with Gasteiger partial charge < -0.3 is 4.74 Å². The average molecular weight is 342 g/mol. The van der Waals surface area contributed by atoms with Crippen LogP contribution >= 0.6 is 0 Å². The van der Waals surface area contributed by atoms with Gasteiger partial charge in [0.2, 0.25) is 0 Å². The molecule has 0 fully saturated rings. The zero-order valence-electron chi connectivity index (χ0n) is 14.9. The Kier molecular flexibility index (Phi) is 4.68. The molecule has 4 rings (SSSR count). The fraction of sp³-hybridized carbons (Fsp3) is 0.208. The van der Waals surface area contributed by atoms with Crippen LogP contribution in [0.5, 0.6) is 0 Å². The van der Waals surface area contributed by atoms with Crippen LogP contribution in [0.2, 0.25) is 0 Å². The van der Waals surface area contributed by atoms with E-state index in [1.807, 2.05) is 18.2 Å². The smallest absolute Gasteiger partial charge is 0.150 e. The Morgan fingerprint density at radius 1 is 1.00 bits per heavy atom. The maximum Gasteiger partial charge on any atom is 0.150 e. The Morgan fingerprint density at radius 3 is 2.62 bits per heavy atom. The van der Waals surface area contributed by atoms with Crippen molar-refractivity contribution in [1.29, 1.82) is 0 Å². The van der Waals surface area contributed by atoms with Gasteiger partial charge in [0, 0.05) is 5.56 Å². The number of rotatable bonds is 5. The number of carbonyl (C=O) groups is 1. The number of fused-ring (bicyclic) bond motifs is 1. The van der Waals surface area contributed by atoms with E-state index in [1.54, 1.807) is 0 Å². The van der Waals surface area contributed by atoms with Gasteiger partial charge in [0.25, 0.3) is 0 Å². The van der Waals surface area contributed by atoms with Gasteiger partial charge in [-0.1, -0.05) is 66.7 Å². The molecule has 0 heterocycles. The lowest BCUT2D eigenvalue weighted by molar-refractivity contribution is 0.0408. The lowest BCUT2D eigenvalue weighted by Crippen LogP contribution is -2.03. The van der Waals surface area contributed by atoms with Crippen LogP contribution in [0.25, 0.3) is 11.1 Å². The quantitative estimate of drug-likeness (QED) is 0.558. The van der Waals surface area contributed by atoms with Crippen molar-refractivity contribution in [2.45, 2.75) is 32.5 Å². The summed E-state index contributed by atoms with van der Waals surface area (Å²) in [5.41, 5.74) is 8.09. The van der Waals surface area contributed by atoms with Gasteiger partial charge in [0.15, 0.2) is 0 Å². The highest BCUT2D eigenvalue weighted by Crippen LogP contribution is 2.36. The van der Waals surface area contributed by atoms with E-state index in [4.69, 9.17) is 4.74 Å². The maximum atomic E-state index is 11.2. The minimum atomic E-state index is 0.0738. The number of benzene rings is 3. The molecule has 0 spiro atoms. The molecule has 130 valence electrons. The molecule has 0 radical (unpaired) electrons. The third-order valence-corrected chi connectivity index (χ3v) is 5.35. The zero-order valence-corrected chi connectivity index (χ0v) is 14.9. The van der Waals surface area contributed by atoms with E-state index in [-0.39, 0.29) is 6.10 Å². The van der Waals surface area contributed by atoms with Crippen LogP contribution in [0.15, 0.2) is 66.7 Å². The van der Waals surface area contributed by atoms with Gasteiger partial charge in [-0.15, -0.1) is 0 Å². The van der Waals surface area contributed by atoms with Crippen LogP contribution in [0.1, 0.15) is 45.1 Å². The molecular formula is C24H22O2. The standard InChI is InChI=1S/C24H22O2/c1-17-20(10-6-11-21(17)18-7-3-2-4-8-18)16-26-24-14-13-22-19(15-25)9-5-12-23(22)24/h2-12,15,24H,13-14,16H2,1H3. The predicted octanol–water partition coefficient (Wildman–Crippen LogP) is 5.68. The van der Waals surface area contributed by atoms with Gasteiger partial charge in [0.05, 0.1) is 12.7 Å². The highest BCUT2D eigenvalue weighted by molar-refractivity contribution is 5.78. The molecule has 1 aliphatic carbocycles. The van der Waals surface area contributed by atoms with E-state index < -0.39 is 0 Å². The Hall–Kier alpha value is -2.71. The molecule has 2 nitrogen and oxygen atoms in total. The topological polar surface area (TPSA) is 26.3 Å². The van der Waals surface area contributed by atoms with Crippen molar-refractivity contribution in [3.05, 3.63) is 94.5 Å². The molecule has 0 saturated heterocycles. The molecule has 1 atom stereocenters. The molecule has 3 aromatic rings. The molecule has 0 saturated carbocycles. The molecule has 1 unspecified atom stereocenters. The first kappa shape index (κ1) is 16.7. The van der Waals surface area contributed by atoms with Crippen molar-refractivity contribution in [2.75, 3.05) is 0 Å². The molecule has 0 aromatic heterocycles. The number of carbonyl (C=O) groups excluding carboxylic acids is 1. The fourth-order valence-electron chi connectivity index (χ4n) is 3.89. The molecule has 0 amide bonds. The highest BCUT2D eigenvalue weighted by atomic mass is 16.5. The van der Waals surface area contributed by atoms with E-state index in [0.717, 1.165) is 30.3 Å². The summed E-state index contributed by atoms with van der Waals surface area (Å²) >= 11 is 0. The number of aldehydes is 1. The second-order valence-electron chi connectivity index (χ2n) is 6.83. The first-order valence-electron chi connectivity index (χ1n) is 9.10. The third-order valence-electron chi connectivity index (χ3n) is 5.35. The van der Waals surface area contributed by atoms with Gasteiger partial charge in [-0.25, -0.2) is 0 Å². The Bertz CT molecular complexity index is 928. The van der Waals surface area contributed by atoms with Gasteiger partial charge in [0.1, 0.15) is 6.29 Å². The monoisotopic (exact) mass is 342 g/mol. The van der Waals surface area contributed by atoms with E-state index in [2.05, 4.69) is 55.5 Å². The first-order valence-corrected chi connectivity index (χ1v) is 9.10. The van der Waals surface area contributed by atoms with Crippen molar-refractivity contribution in [3.63, 3.8) is 0 Å². The largest absolute Gasteiger partial charge is 0.369 e. The van der Waals surface area contributed by atoms with Gasteiger partial charge >= 0.3 is 0 Å². The number of hydrogen-bond acceptors (Lipinski definition) is 2. The summed E-state index contributed by atoms with van der Waals surface area (Å²) < 4.78 is 6.27. The molecule has 0 aliphatic heterocycles. The Morgan fingerprint density at radius 2 is 1.81 bits per heavy atom. The molecule has 0 bridgehead atoms. The third kappa shape index (κ3) is 3.09. The van der Waals surface area contributed by atoms with Crippen LogP contribution in [0.3, 0.4) is 0 Å². The zero-order chi connectivity index (χ0) is 17.9. The summed E-state index contributed by atoms with van der Waals surface area (Å²) in [5.74, 6) is 0. The highest BCUT2D eigenvalue weighted by Gasteiger charge is 2.25. The Balaban J connectivity index is 1.55. The minimum absolute atomic E-state index is 0.0738. The summed E-state index contributed by atoms with van der Waals surface area (Å²) in [6.07, 6.45) is 2.88. The van der Waals surface area contributed by atoms with E-state index >= 15 is 0 Å². The van der Waals surface area contributed by atoms with Crippen molar-refractivity contribution < 1.29 is 9.53 Å². The molecule has 2 heteroatoms. The van der Waals surface area contributed by atoms with Gasteiger partial charge in [-0.3, -0.25) is 4.79 Å². The molecule has 0 N–H and O–H groups in total. The second-order valence-corrected chi connectivity index (χ2v) is 6.83. The van der Waals surface area contributed by atoms with Crippen LogP contribution < -0.4 is 0 Å². The summed E-state index contributed by atoms with van der Waals surface area (Å²) in [6.45, 7) is 2.75. The summed E-state index contributed by atoms with van der Waals surface area (Å²) in [7, 11) is 0. The van der Waals surface area contributed by atoms with Crippen LogP contribution in [-0.2, 0) is 17.8 Å². The fourth-order valence-corrected chi connectivity index (χ4v) is 3.89. The van der Waals surface area contributed by atoms with Crippen LogP contribution in [-0.4, -0.2) is 6.29 Å². The van der Waals surface area contributed by atoms with Gasteiger partial charge in [-0.2, -0.15) is 0 Å². The number of hydrogen-bond donors (Lipinski definition) is 0.